The van der Waals surface area contributed by atoms with Gasteiger partial charge in [-0.25, -0.2) is 5.10 Å². The molecule has 0 unspecified atom stereocenters. The normalized spacial score (nSPS) is 11.6. The van der Waals surface area contributed by atoms with Crippen LogP contribution in [0.5, 0.6) is 0 Å². The second kappa shape index (κ2) is 6.05. The molecule has 1 aromatic carbocycles. The molecule has 0 saturated carbocycles. The molecule has 6 nitrogen and oxygen atoms in total. The minimum atomic E-state index is -0.448. The minimum absolute atomic E-state index is 0.213. The van der Waals surface area contributed by atoms with Crippen molar-refractivity contribution in [2.45, 2.75) is 32.2 Å². The molecule has 0 atom stereocenters. The van der Waals surface area contributed by atoms with Crippen LogP contribution in [-0.4, -0.2) is 28.2 Å². The van der Waals surface area contributed by atoms with Gasteiger partial charge in [-0.05, 0) is 18.9 Å². The Hall–Kier alpha value is -2.21. The van der Waals surface area contributed by atoms with E-state index in [1.807, 2.05) is 13.8 Å². The standard InChI is InChI=1S/C15H20N4O2/c1-3-15(4-2,9-16)17-14(21)12-10-7-5-6-8-11(10)13(20)19-18-12/h5-8H,3-4,9,16H2,1-2H3,(H,17,21)(H,19,20). The van der Waals surface area contributed by atoms with Crippen molar-refractivity contribution < 1.29 is 4.79 Å². The first-order chi connectivity index (χ1) is 10.1. The lowest BCUT2D eigenvalue weighted by atomic mass is 9.92. The van der Waals surface area contributed by atoms with Gasteiger partial charge in [0.2, 0.25) is 0 Å². The Bertz CT molecular complexity index is 696. The van der Waals surface area contributed by atoms with E-state index in [0.29, 0.717) is 17.3 Å². The first-order valence-corrected chi connectivity index (χ1v) is 7.07. The molecule has 0 aliphatic carbocycles. The van der Waals surface area contributed by atoms with Gasteiger partial charge in [-0.15, -0.1) is 0 Å². The number of rotatable bonds is 5. The number of benzene rings is 1. The lowest BCUT2D eigenvalue weighted by Crippen LogP contribution is -2.53. The minimum Gasteiger partial charge on any atom is -0.344 e. The highest BCUT2D eigenvalue weighted by Gasteiger charge is 2.28. The summed E-state index contributed by atoms with van der Waals surface area (Å²) in [5.74, 6) is -0.323. The van der Waals surface area contributed by atoms with Crippen LogP contribution in [0.1, 0.15) is 37.2 Å². The van der Waals surface area contributed by atoms with Gasteiger partial charge in [0.05, 0.1) is 10.9 Å². The Kier molecular flexibility index (Phi) is 4.37. The number of H-pyrrole nitrogens is 1. The highest BCUT2D eigenvalue weighted by atomic mass is 16.2. The number of amides is 1. The largest absolute Gasteiger partial charge is 0.344 e. The summed E-state index contributed by atoms with van der Waals surface area (Å²) in [5, 5.41) is 10.2. The van der Waals surface area contributed by atoms with Gasteiger partial charge in [0.15, 0.2) is 5.69 Å². The fraction of sp³-hybridized carbons (Fsp3) is 0.400. The molecule has 2 rings (SSSR count). The molecule has 0 saturated heterocycles. The van der Waals surface area contributed by atoms with Crippen LogP contribution >= 0.6 is 0 Å². The van der Waals surface area contributed by atoms with Gasteiger partial charge in [0, 0.05) is 11.9 Å². The van der Waals surface area contributed by atoms with Gasteiger partial charge in [-0.3, -0.25) is 9.59 Å². The highest BCUT2D eigenvalue weighted by Crippen LogP contribution is 2.17. The molecule has 4 N–H and O–H groups in total. The van der Waals surface area contributed by atoms with Crippen molar-refractivity contribution in [3.8, 4) is 0 Å². The molecular weight excluding hydrogens is 268 g/mol. The van der Waals surface area contributed by atoms with Crippen LogP contribution in [0, 0.1) is 0 Å². The predicted molar refractivity (Wildman–Crippen MR) is 82.2 cm³/mol. The Balaban J connectivity index is 2.45. The molecular formula is C15H20N4O2. The smallest absolute Gasteiger partial charge is 0.272 e. The Morgan fingerprint density at radius 1 is 1.29 bits per heavy atom. The molecule has 0 spiro atoms. The van der Waals surface area contributed by atoms with E-state index in [-0.39, 0.29) is 17.2 Å². The zero-order valence-electron chi connectivity index (χ0n) is 12.3. The van der Waals surface area contributed by atoms with Crippen molar-refractivity contribution in [3.05, 3.63) is 40.3 Å². The van der Waals surface area contributed by atoms with Crippen molar-refractivity contribution >= 4 is 16.7 Å². The molecule has 1 heterocycles. The summed E-state index contributed by atoms with van der Waals surface area (Å²) in [4.78, 5) is 24.2. The van der Waals surface area contributed by atoms with E-state index in [2.05, 4.69) is 15.5 Å². The number of aromatic nitrogens is 2. The van der Waals surface area contributed by atoms with Crippen molar-refractivity contribution in [1.29, 1.82) is 0 Å². The number of fused-ring (bicyclic) bond motifs is 1. The molecule has 0 bridgehead atoms. The zero-order chi connectivity index (χ0) is 15.5. The third kappa shape index (κ3) is 2.80. The van der Waals surface area contributed by atoms with E-state index >= 15 is 0 Å². The summed E-state index contributed by atoms with van der Waals surface area (Å²) < 4.78 is 0. The Morgan fingerprint density at radius 3 is 2.48 bits per heavy atom. The summed E-state index contributed by atoms with van der Waals surface area (Å²) in [5.41, 5.74) is 5.26. The van der Waals surface area contributed by atoms with Crippen LogP contribution in [0.2, 0.25) is 0 Å². The monoisotopic (exact) mass is 288 g/mol. The van der Waals surface area contributed by atoms with Gasteiger partial charge in [-0.1, -0.05) is 32.0 Å². The van der Waals surface area contributed by atoms with E-state index in [9.17, 15) is 9.59 Å². The lowest BCUT2D eigenvalue weighted by Gasteiger charge is -2.31. The number of hydrogen-bond donors (Lipinski definition) is 3. The topological polar surface area (TPSA) is 101 Å². The van der Waals surface area contributed by atoms with Crippen molar-refractivity contribution in [3.63, 3.8) is 0 Å². The summed E-state index contributed by atoms with van der Waals surface area (Å²) in [6.07, 6.45) is 1.46. The highest BCUT2D eigenvalue weighted by molar-refractivity contribution is 6.05. The van der Waals surface area contributed by atoms with E-state index in [0.717, 1.165) is 12.8 Å². The molecule has 21 heavy (non-hydrogen) atoms. The Labute approximate surface area is 122 Å². The molecule has 2 aromatic rings. The fourth-order valence-corrected chi connectivity index (χ4v) is 2.35. The molecule has 112 valence electrons. The third-order valence-corrected chi connectivity index (χ3v) is 4.03. The number of nitrogens with one attached hydrogen (secondary N) is 2. The van der Waals surface area contributed by atoms with Crippen molar-refractivity contribution in [2.75, 3.05) is 6.54 Å². The molecule has 1 aromatic heterocycles. The van der Waals surface area contributed by atoms with Crippen LogP contribution in [0.15, 0.2) is 29.1 Å². The maximum Gasteiger partial charge on any atom is 0.272 e. The third-order valence-electron chi connectivity index (χ3n) is 4.03. The number of hydrogen-bond acceptors (Lipinski definition) is 4. The average molecular weight is 288 g/mol. The number of carbonyl (C=O) groups excluding carboxylic acids is 1. The number of aromatic amines is 1. The average Bonchev–Trinajstić information content (AvgIpc) is 2.53. The van der Waals surface area contributed by atoms with Crippen molar-refractivity contribution in [2.24, 2.45) is 5.73 Å². The van der Waals surface area contributed by atoms with Crippen LogP contribution in [0.25, 0.3) is 10.8 Å². The first-order valence-electron chi connectivity index (χ1n) is 7.07. The zero-order valence-corrected chi connectivity index (χ0v) is 12.3. The van der Waals surface area contributed by atoms with Gasteiger partial charge < -0.3 is 11.1 Å². The molecule has 6 heteroatoms. The Morgan fingerprint density at radius 2 is 1.90 bits per heavy atom. The maximum atomic E-state index is 12.5. The van der Waals surface area contributed by atoms with Crippen LogP contribution in [-0.2, 0) is 0 Å². The summed E-state index contributed by atoms with van der Waals surface area (Å²) in [6.45, 7) is 4.32. The van der Waals surface area contributed by atoms with E-state index in [1.54, 1.807) is 24.3 Å². The second-order valence-corrected chi connectivity index (χ2v) is 5.09. The fourth-order valence-electron chi connectivity index (χ4n) is 2.35. The number of nitrogens with zero attached hydrogens (tertiary/aromatic N) is 1. The van der Waals surface area contributed by atoms with Gasteiger partial charge in [-0.2, -0.15) is 5.10 Å². The lowest BCUT2D eigenvalue weighted by molar-refractivity contribution is 0.0891. The number of carbonyl (C=O) groups is 1. The van der Waals surface area contributed by atoms with Crippen LogP contribution < -0.4 is 16.6 Å². The predicted octanol–water partition coefficient (Wildman–Crippen LogP) is 1.17. The molecule has 0 aliphatic rings. The summed E-state index contributed by atoms with van der Waals surface area (Å²) >= 11 is 0. The SMILES string of the molecule is CCC(CC)(CN)NC(=O)c1n[nH]c(=O)c2ccccc12. The van der Waals surface area contributed by atoms with E-state index < -0.39 is 5.54 Å². The van der Waals surface area contributed by atoms with E-state index in [1.165, 1.54) is 0 Å². The summed E-state index contributed by atoms with van der Waals surface area (Å²) in [6, 6.07) is 6.91. The van der Waals surface area contributed by atoms with Crippen LogP contribution in [0.4, 0.5) is 0 Å². The van der Waals surface area contributed by atoms with Gasteiger partial charge in [0.1, 0.15) is 0 Å². The van der Waals surface area contributed by atoms with Crippen LogP contribution in [0.3, 0.4) is 0 Å². The molecule has 1 amide bonds. The molecule has 0 aliphatic heterocycles. The molecule has 0 fully saturated rings. The van der Waals surface area contributed by atoms with Gasteiger partial charge in [0.25, 0.3) is 11.5 Å². The maximum absolute atomic E-state index is 12.5. The number of nitrogens with two attached hydrogens (primary N) is 1. The van der Waals surface area contributed by atoms with Gasteiger partial charge >= 0.3 is 0 Å². The first kappa shape index (κ1) is 15.2. The quantitative estimate of drug-likeness (QED) is 0.768. The second-order valence-electron chi connectivity index (χ2n) is 5.09. The van der Waals surface area contributed by atoms with E-state index in [4.69, 9.17) is 5.73 Å². The molecule has 0 radical (unpaired) electrons. The summed E-state index contributed by atoms with van der Waals surface area (Å²) in [7, 11) is 0. The van der Waals surface area contributed by atoms with Crippen molar-refractivity contribution in [1.82, 2.24) is 15.5 Å².